The number of aromatic carboxylic acids is 1. The zero-order valence-electron chi connectivity index (χ0n) is 7.50. The molecule has 0 atom stereocenters. The van der Waals surface area contributed by atoms with Gasteiger partial charge in [-0.3, -0.25) is 0 Å². The van der Waals surface area contributed by atoms with Crippen molar-refractivity contribution in [3.05, 3.63) is 21.0 Å². The molecule has 7 heteroatoms. The predicted octanol–water partition coefficient (Wildman–Crippen LogP) is 2.33. The summed E-state index contributed by atoms with van der Waals surface area (Å²) >= 11 is 1.56. The van der Waals surface area contributed by atoms with E-state index in [4.69, 9.17) is 5.11 Å². The molecule has 0 bridgehead atoms. The van der Waals surface area contributed by atoms with Gasteiger partial charge in [0.1, 0.15) is 9.26 Å². The summed E-state index contributed by atoms with van der Waals surface area (Å²) in [4.78, 5) is 14.4. The first-order valence-electron chi connectivity index (χ1n) is 3.72. The number of carbonyl (C=O) groups is 1. The Bertz CT molecular complexity index is 398. The molecule has 0 spiro atoms. The number of nitrogens with zero attached hydrogens (tertiary/aromatic N) is 1. The van der Waals surface area contributed by atoms with Crippen molar-refractivity contribution < 1.29 is 23.4 Å². The van der Waals surface area contributed by atoms with E-state index in [1.54, 1.807) is 22.6 Å². The van der Waals surface area contributed by atoms with Crippen molar-refractivity contribution in [3.8, 4) is 5.75 Å². The molecule has 1 rings (SSSR count). The lowest BCUT2D eigenvalue weighted by atomic mass is 10.1. The lowest BCUT2D eigenvalue weighted by molar-refractivity contribution is 0.0679. The van der Waals surface area contributed by atoms with Crippen molar-refractivity contribution in [1.29, 1.82) is 0 Å². The third-order valence-corrected chi connectivity index (χ3v) is 2.54. The molecular formula is C8H6F2INO3. The highest BCUT2D eigenvalue weighted by Gasteiger charge is 2.26. The van der Waals surface area contributed by atoms with Crippen molar-refractivity contribution in [2.75, 3.05) is 7.11 Å². The highest BCUT2D eigenvalue weighted by molar-refractivity contribution is 14.1. The molecule has 82 valence electrons. The van der Waals surface area contributed by atoms with Gasteiger partial charge in [-0.05, 0) is 22.6 Å². The molecule has 0 saturated heterocycles. The van der Waals surface area contributed by atoms with E-state index >= 15 is 0 Å². The monoisotopic (exact) mass is 329 g/mol. The number of carboxylic acids is 1. The SMILES string of the molecule is COc1cnc(I)c(C(F)F)c1C(=O)O. The summed E-state index contributed by atoms with van der Waals surface area (Å²) in [6.45, 7) is 0. The summed E-state index contributed by atoms with van der Waals surface area (Å²) < 4.78 is 29.8. The average Bonchev–Trinajstić information content (AvgIpc) is 2.16. The van der Waals surface area contributed by atoms with Gasteiger partial charge in [0.2, 0.25) is 0 Å². The quantitative estimate of drug-likeness (QED) is 0.683. The molecule has 0 radical (unpaired) electrons. The molecule has 4 nitrogen and oxygen atoms in total. The minimum atomic E-state index is -2.90. The normalized spacial score (nSPS) is 10.5. The summed E-state index contributed by atoms with van der Waals surface area (Å²) in [5.74, 6) is -1.62. The number of hydrogen-bond donors (Lipinski definition) is 1. The van der Waals surface area contributed by atoms with Crippen molar-refractivity contribution in [2.24, 2.45) is 0 Å². The van der Waals surface area contributed by atoms with Gasteiger partial charge in [0.05, 0.1) is 18.9 Å². The smallest absolute Gasteiger partial charge is 0.340 e. The van der Waals surface area contributed by atoms with Crippen molar-refractivity contribution in [2.45, 2.75) is 6.43 Å². The Hall–Kier alpha value is -0.990. The van der Waals surface area contributed by atoms with Gasteiger partial charge in [-0.25, -0.2) is 18.6 Å². The second kappa shape index (κ2) is 4.69. The van der Waals surface area contributed by atoms with E-state index in [2.05, 4.69) is 9.72 Å². The van der Waals surface area contributed by atoms with Crippen LogP contribution < -0.4 is 4.74 Å². The van der Waals surface area contributed by atoms with E-state index in [-0.39, 0.29) is 9.45 Å². The molecular weight excluding hydrogens is 323 g/mol. The van der Waals surface area contributed by atoms with E-state index in [1.165, 1.54) is 7.11 Å². The number of carboxylic acid groups (broad SMARTS) is 1. The summed E-state index contributed by atoms with van der Waals surface area (Å²) in [5.41, 5.74) is -1.14. The van der Waals surface area contributed by atoms with Crippen LogP contribution in [0.1, 0.15) is 22.3 Å². The Morgan fingerprint density at radius 2 is 2.27 bits per heavy atom. The Morgan fingerprint density at radius 1 is 1.67 bits per heavy atom. The van der Waals surface area contributed by atoms with Crippen LogP contribution in [-0.4, -0.2) is 23.2 Å². The van der Waals surface area contributed by atoms with Gasteiger partial charge in [-0.1, -0.05) is 0 Å². The van der Waals surface area contributed by atoms with Crippen LogP contribution in [0, 0.1) is 3.70 Å². The fourth-order valence-corrected chi connectivity index (χ4v) is 1.70. The third-order valence-electron chi connectivity index (χ3n) is 1.69. The molecule has 15 heavy (non-hydrogen) atoms. The van der Waals surface area contributed by atoms with E-state index in [9.17, 15) is 13.6 Å². The standard InChI is InChI=1S/C8H6F2INO3/c1-15-3-2-12-7(11)5(6(9)10)4(3)8(13)14/h2,6H,1H3,(H,13,14). The fraction of sp³-hybridized carbons (Fsp3) is 0.250. The Balaban J connectivity index is 3.51. The van der Waals surface area contributed by atoms with Crippen LogP contribution in [0.3, 0.4) is 0 Å². The second-order valence-corrected chi connectivity index (χ2v) is 3.53. The van der Waals surface area contributed by atoms with Crippen LogP contribution >= 0.6 is 22.6 Å². The molecule has 0 unspecified atom stereocenters. The number of pyridine rings is 1. The van der Waals surface area contributed by atoms with Gasteiger partial charge < -0.3 is 9.84 Å². The maximum Gasteiger partial charge on any atom is 0.340 e. The van der Waals surface area contributed by atoms with E-state index in [0.717, 1.165) is 6.20 Å². The van der Waals surface area contributed by atoms with Crippen molar-refractivity contribution >= 4 is 28.6 Å². The van der Waals surface area contributed by atoms with Gasteiger partial charge in [0, 0.05) is 0 Å². The molecule has 0 aliphatic rings. The zero-order valence-corrected chi connectivity index (χ0v) is 9.66. The summed E-state index contributed by atoms with van der Waals surface area (Å²) in [6.07, 6.45) is -1.79. The Labute approximate surface area is 97.4 Å². The number of ether oxygens (including phenoxy) is 1. The molecule has 0 aliphatic carbocycles. The van der Waals surface area contributed by atoms with Crippen LogP contribution in [0.5, 0.6) is 5.75 Å². The minimum Gasteiger partial charge on any atom is -0.494 e. The Morgan fingerprint density at radius 3 is 2.67 bits per heavy atom. The van der Waals surface area contributed by atoms with Crippen molar-refractivity contribution in [1.82, 2.24) is 4.98 Å². The molecule has 0 saturated carbocycles. The molecule has 0 aromatic carbocycles. The number of alkyl halides is 2. The number of rotatable bonds is 3. The molecule has 1 aromatic rings. The zero-order chi connectivity index (χ0) is 11.6. The largest absolute Gasteiger partial charge is 0.494 e. The van der Waals surface area contributed by atoms with Crippen LogP contribution in [0.2, 0.25) is 0 Å². The maximum atomic E-state index is 12.6. The van der Waals surface area contributed by atoms with Crippen LogP contribution in [0.15, 0.2) is 6.20 Å². The molecule has 0 fully saturated rings. The predicted molar refractivity (Wildman–Crippen MR) is 55.4 cm³/mol. The van der Waals surface area contributed by atoms with E-state index < -0.39 is 23.5 Å². The van der Waals surface area contributed by atoms with Gasteiger partial charge in [-0.15, -0.1) is 0 Å². The van der Waals surface area contributed by atoms with E-state index in [0.29, 0.717) is 0 Å². The van der Waals surface area contributed by atoms with Gasteiger partial charge in [0.25, 0.3) is 6.43 Å². The minimum absolute atomic E-state index is 0.0409. The van der Waals surface area contributed by atoms with Gasteiger partial charge in [0.15, 0.2) is 5.75 Å². The highest BCUT2D eigenvalue weighted by Crippen LogP contribution is 2.32. The molecule has 0 aliphatic heterocycles. The fourth-order valence-electron chi connectivity index (χ4n) is 1.06. The van der Waals surface area contributed by atoms with Crippen LogP contribution in [0.25, 0.3) is 0 Å². The maximum absolute atomic E-state index is 12.6. The highest BCUT2D eigenvalue weighted by atomic mass is 127. The first kappa shape index (κ1) is 12.1. The molecule has 1 aromatic heterocycles. The number of hydrogen-bond acceptors (Lipinski definition) is 3. The first-order valence-corrected chi connectivity index (χ1v) is 4.80. The topological polar surface area (TPSA) is 59.4 Å². The molecule has 1 heterocycles. The number of halogens is 3. The first-order chi connectivity index (χ1) is 6.99. The van der Waals surface area contributed by atoms with Crippen LogP contribution in [-0.2, 0) is 0 Å². The van der Waals surface area contributed by atoms with E-state index in [1.807, 2.05) is 0 Å². The number of methoxy groups -OCH3 is 1. The summed E-state index contributed by atoms with van der Waals surface area (Å²) in [6, 6.07) is 0. The van der Waals surface area contributed by atoms with Crippen molar-refractivity contribution in [3.63, 3.8) is 0 Å². The molecule has 1 N–H and O–H groups in total. The lowest BCUT2D eigenvalue weighted by Gasteiger charge is -2.10. The average molecular weight is 329 g/mol. The third kappa shape index (κ3) is 2.33. The van der Waals surface area contributed by atoms with Gasteiger partial charge >= 0.3 is 5.97 Å². The summed E-state index contributed by atoms with van der Waals surface area (Å²) in [7, 11) is 1.20. The Kier molecular flexibility index (Phi) is 3.77. The molecule has 0 amide bonds. The number of aromatic nitrogens is 1. The van der Waals surface area contributed by atoms with Gasteiger partial charge in [-0.2, -0.15) is 0 Å². The van der Waals surface area contributed by atoms with Crippen LogP contribution in [0.4, 0.5) is 8.78 Å². The summed E-state index contributed by atoms with van der Waals surface area (Å²) in [5, 5.41) is 8.81. The lowest BCUT2D eigenvalue weighted by Crippen LogP contribution is -2.09. The second-order valence-electron chi connectivity index (χ2n) is 2.51.